The third kappa shape index (κ3) is 3.64. The van der Waals surface area contributed by atoms with Crippen LogP contribution in [0.4, 0.5) is 17.1 Å². The van der Waals surface area contributed by atoms with E-state index in [1.165, 1.54) is 88.2 Å². The van der Waals surface area contributed by atoms with Crippen molar-refractivity contribution in [1.29, 1.82) is 0 Å². The predicted molar refractivity (Wildman–Crippen MR) is 228 cm³/mol. The molecule has 0 saturated carbocycles. The molecule has 2 heteroatoms. The lowest BCUT2D eigenvalue weighted by Crippen LogP contribution is -2.23. The molecule has 55 heavy (non-hydrogen) atoms. The van der Waals surface area contributed by atoms with Crippen molar-refractivity contribution >= 4 is 49.6 Å². The molecule has 254 valence electrons. The summed E-state index contributed by atoms with van der Waals surface area (Å²) in [5.74, 6) is 0. The molecule has 10 aromatic rings. The van der Waals surface area contributed by atoms with E-state index < -0.39 is 0 Å². The standard InChI is InChI=1S/C53H32N2/c1-2-14-35(15-3-1)55-49-23-9-7-17-41(49)42-29-27-38(32-50(42)55)54(36-25-24-33-12-4-5-13-34(33)30-36)37-26-28-40-44-19-11-21-46-45-20-10-18-43-39-16-6-8-22-47(39)53(51(43)45,52(44)46)48(40)31-37/h1-32H. The Morgan fingerprint density at radius 3 is 1.73 bits per heavy atom. The Labute approximate surface area is 318 Å². The van der Waals surface area contributed by atoms with Crippen molar-refractivity contribution in [1.82, 2.24) is 4.57 Å². The van der Waals surface area contributed by atoms with Gasteiger partial charge in [-0.3, -0.25) is 0 Å². The molecule has 0 radical (unpaired) electrons. The zero-order valence-electron chi connectivity index (χ0n) is 29.9. The summed E-state index contributed by atoms with van der Waals surface area (Å²) >= 11 is 0. The smallest absolute Gasteiger partial charge is 0.0738 e. The SMILES string of the molecule is c1ccc(-n2c3ccccc3c3ccc(N(c4ccc5c(c4)C46c7ccccc7-c7cccc(c74)-c4cccc-5c46)c4ccc5ccccc5c4)cc32)cc1. The molecule has 13 rings (SSSR count). The lowest BCUT2D eigenvalue weighted by molar-refractivity contribution is 0.818. The van der Waals surface area contributed by atoms with Gasteiger partial charge in [-0.2, -0.15) is 0 Å². The molecule has 1 unspecified atom stereocenters. The number of anilines is 3. The molecule has 0 fully saturated rings. The minimum atomic E-state index is -0.349. The van der Waals surface area contributed by atoms with Crippen LogP contribution in [-0.2, 0) is 5.41 Å². The zero-order chi connectivity index (χ0) is 35.8. The summed E-state index contributed by atoms with van der Waals surface area (Å²) in [5, 5.41) is 4.96. The van der Waals surface area contributed by atoms with Crippen molar-refractivity contribution < 1.29 is 0 Å². The minimum absolute atomic E-state index is 0.349. The second-order valence-electron chi connectivity index (χ2n) is 15.2. The molecule has 9 aromatic carbocycles. The second kappa shape index (κ2) is 10.5. The number of aromatic nitrogens is 1. The number of hydrogen-bond acceptors (Lipinski definition) is 1. The van der Waals surface area contributed by atoms with Crippen molar-refractivity contribution in [2.45, 2.75) is 5.41 Å². The maximum atomic E-state index is 2.51. The van der Waals surface area contributed by atoms with Crippen molar-refractivity contribution in [3.05, 3.63) is 216 Å². The highest BCUT2D eigenvalue weighted by molar-refractivity contribution is 6.11. The first-order valence-electron chi connectivity index (χ1n) is 19.2. The number of nitrogens with zero attached hydrogens (tertiary/aromatic N) is 2. The molecule has 2 nitrogen and oxygen atoms in total. The third-order valence-electron chi connectivity index (χ3n) is 12.7. The van der Waals surface area contributed by atoms with Crippen molar-refractivity contribution in [2.24, 2.45) is 0 Å². The monoisotopic (exact) mass is 696 g/mol. The van der Waals surface area contributed by atoms with Gasteiger partial charge in [0.1, 0.15) is 0 Å². The first kappa shape index (κ1) is 29.3. The quantitative estimate of drug-likeness (QED) is 0.178. The molecular formula is C53H32N2. The fraction of sp³-hybridized carbons (Fsp3) is 0.0189. The van der Waals surface area contributed by atoms with Crippen LogP contribution in [0.2, 0.25) is 0 Å². The van der Waals surface area contributed by atoms with Crippen LogP contribution in [0.5, 0.6) is 0 Å². The largest absolute Gasteiger partial charge is 0.310 e. The zero-order valence-corrected chi connectivity index (χ0v) is 29.9. The molecule has 1 spiro atoms. The molecule has 3 aliphatic carbocycles. The molecule has 0 amide bonds. The Hall–Kier alpha value is -7.16. The Morgan fingerprint density at radius 1 is 0.345 bits per heavy atom. The van der Waals surface area contributed by atoms with Crippen LogP contribution in [-0.4, -0.2) is 4.57 Å². The van der Waals surface area contributed by atoms with Gasteiger partial charge in [0.25, 0.3) is 0 Å². The van der Waals surface area contributed by atoms with Gasteiger partial charge in [-0.05, 0) is 121 Å². The van der Waals surface area contributed by atoms with Gasteiger partial charge >= 0.3 is 0 Å². The van der Waals surface area contributed by atoms with Crippen molar-refractivity contribution in [3.63, 3.8) is 0 Å². The van der Waals surface area contributed by atoms with Crippen molar-refractivity contribution in [3.8, 4) is 39.1 Å². The van der Waals surface area contributed by atoms with E-state index in [2.05, 4.69) is 204 Å². The van der Waals surface area contributed by atoms with Gasteiger partial charge in [-0.25, -0.2) is 0 Å². The molecule has 1 heterocycles. The lowest BCUT2D eigenvalue weighted by Gasteiger charge is -2.30. The number of benzene rings is 9. The summed E-state index contributed by atoms with van der Waals surface area (Å²) in [7, 11) is 0. The van der Waals surface area contributed by atoms with Gasteiger partial charge in [0.2, 0.25) is 0 Å². The number of para-hydroxylation sites is 2. The van der Waals surface area contributed by atoms with Gasteiger partial charge in [-0.1, -0.05) is 140 Å². The van der Waals surface area contributed by atoms with Crippen LogP contribution in [0, 0.1) is 0 Å². The summed E-state index contributed by atoms with van der Waals surface area (Å²) < 4.78 is 2.42. The first-order valence-corrected chi connectivity index (χ1v) is 19.2. The van der Waals surface area contributed by atoms with Gasteiger partial charge in [0, 0.05) is 33.5 Å². The number of hydrogen-bond donors (Lipinski definition) is 0. The van der Waals surface area contributed by atoms with E-state index in [9.17, 15) is 0 Å². The summed E-state index contributed by atoms with van der Waals surface area (Å²) in [6, 6.07) is 72.4. The van der Waals surface area contributed by atoms with Gasteiger partial charge in [0.15, 0.2) is 0 Å². The molecule has 0 N–H and O–H groups in total. The normalized spacial score (nSPS) is 15.3. The van der Waals surface area contributed by atoms with E-state index in [0.29, 0.717) is 0 Å². The molecule has 1 atom stereocenters. The van der Waals surface area contributed by atoms with Crippen molar-refractivity contribution in [2.75, 3.05) is 4.90 Å². The topological polar surface area (TPSA) is 8.17 Å². The molecular weight excluding hydrogens is 665 g/mol. The second-order valence-corrected chi connectivity index (χ2v) is 15.2. The minimum Gasteiger partial charge on any atom is -0.310 e. The Morgan fingerprint density at radius 2 is 0.909 bits per heavy atom. The fourth-order valence-corrected chi connectivity index (χ4v) is 10.6. The van der Waals surface area contributed by atoms with Crippen LogP contribution in [0.25, 0.3) is 71.6 Å². The predicted octanol–water partition coefficient (Wildman–Crippen LogP) is 13.7. The fourth-order valence-electron chi connectivity index (χ4n) is 10.6. The highest BCUT2D eigenvalue weighted by Gasteiger charge is 2.57. The molecule has 0 saturated heterocycles. The average Bonchev–Trinajstić information content (AvgIpc) is 3.94. The van der Waals surface area contributed by atoms with Crippen LogP contribution in [0.1, 0.15) is 22.3 Å². The maximum Gasteiger partial charge on any atom is 0.0738 e. The summed E-state index contributed by atoms with van der Waals surface area (Å²) in [4.78, 5) is 2.47. The average molecular weight is 697 g/mol. The van der Waals surface area contributed by atoms with Gasteiger partial charge < -0.3 is 9.47 Å². The first-order chi connectivity index (χ1) is 27.3. The summed E-state index contributed by atoms with van der Waals surface area (Å²) in [6.07, 6.45) is 0. The Balaban J connectivity index is 1.10. The highest BCUT2D eigenvalue weighted by Crippen LogP contribution is 2.70. The lowest BCUT2D eigenvalue weighted by atomic mass is 9.73. The Bertz CT molecular complexity index is 3240. The van der Waals surface area contributed by atoms with E-state index in [-0.39, 0.29) is 5.41 Å². The molecule has 0 bridgehead atoms. The van der Waals surface area contributed by atoms with Crippen LogP contribution >= 0.6 is 0 Å². The summed E-state index contributed by atoms with van der Waals surface area (Å²) in [6.45, 7) is 0. The molecule has 3 aliphatic rings. The van der Waals surface area contributed by atoms with E-state index in [1.807, 2.05) is 0 Å². The van der Waals surface area contributed by atoms with Gasteiger partial charge in [-0.15, -0.1) is 0 Å². The van der Waals surface area contributed by atoms with Crippen LogP contribution in [0.15, 0.2) is 194 Å². The molecule has 0 aliphatic heterocycles. The number of fused-ring (bicyclic) bond motifs is 9. The third-order valence-corrected chi connectivity index (χ3v) is 12.7. The van der Waals surface area contributed by atoms with Crippen LogP contribution in [0.3, 0.4) is 0 Å². The number of rotatable bonds is 4. The highest BCUT2D eigenvalue weighted by atomic mass is 15.1. The Kier molecular flexibility index (Phi) is 5.59. The van der Waals surface area contributed by atoms with E-state index in [4.69, 9.17) is 0 Å². The van der Waals surface area contributed by atoms with Gasteiger partial charge in [0.05, 0.1) is 16.4 Å². The van der Waals surface area contributed by atoms with E-state index in [1.54, 1.807) is 0 Å². The van der Waals surface area contributed by atoms with Crippen LogP contribution < -0.4 is 4.90 Å². The van der Waals surface area contributed by atoms with E-state index >= 15 is 0 Å². The molecule has 1 aromatic heterocycles. The van der Waals surface area contributed by atoms with E-state index in [0.717, 1.165) is 22.7 Å². The summed E-state index contributed by atoms with van der Waals surface area (Å²) in [5.41, 5.74) is 20.4. The maximum absolute atomic E-state index is 2.51.